The Hall–Kier alpha value is -1.15. The molecule has 166 valence electrons. The van der Waals surface area contributed by atoms with Crippen LogP contribution in [0.1, 0.15) is 67.2 Å². The van der Waals surface area contributed by atoms with Gasteiger partial charge in [0, 0.05) is 27.9 Å². The van der Waals surface area contributed by atoms with E-state index in [1.54, 1.807) is 11.1 Å². The van der Waals surface area contributed by atoms with E-state index < -0.39 is 10.8 Å². The molecular weight excluding hydrogens is 384 g/mol. The zero-order valence-electron chi connectivity index (χ0n) is 19.9. The molecular formula is C28H42OS. The van der Waals surface area contributed by atoms with Gasteiger partial charge in [0.15, 0.2) is 0 Å². The minimum absolute atomic E-state index is 0.214. The Labute approximate surface area is 188 Å². The Kier molecular flexibility index (Phi) is 7.82. The summed E-state index contributed by atoms with van der Waals surface area (Å²) in [5.41, 5.74) is 4.77. The predicted octanol–water partition coefficient (Wildman–Crippen LogP) is 7.41. The van der Waals surface area contributed by atoms with Gasteiger partial charge in [-0.3, -0.25) is 4.21 Å². The number of fused-ring (bicyclic) bond motifs is 1. The van der Waals surface area contributed by atoms with Crippen LogP contribution in [0.2, 0.25) is 0 Å². The minimum atomic E-state index is -0.796. The van der Waals surface area contributed by atoms with Crippen LogP contribution in [-0.4, -0.2) is 14.7 Å². The lowest BCUT2D eigenvalue weighted by Gasteiger charge is -2.43. The molecule has 0 aromatic rings. The van der Waals surface area contributed by atoms with Crippen LogP contribution in [0.4, 0.5) is 0 Å². The Balaban J connectivity index is 1.97. The summed E-state index contributed by atoms with van der Waals surface area (Å²) in [6.07, 6.45) is 17.9. The van der Waals surface area contributed by atoms with Gasteiger partial charge in [-0.25, -0.2) is 0 Å². The summed E-state index contributed by atoms with van der Waals surface area (Å²) in [4.78, 5) is 0. The van der Waals surface area contributed by atoms with Crippen molar-refractivity contribution in [2.24, 2.45) is 35.5 Å². The minimum Gasteiger partial charge on any atom is -0.259 e. The van der Waals surface area contributed by atoms with Gasteiger partial charge in [-0.15, -0.1) is 0 Å². The first-order chi connectivity index (χ1) is 14.3. The van der Waals surface area contributed by atoms with Crippen LogP contribution in [0.15, 0.2) is 59.8 Å². The maximum absolute atomic E-state index is 13.5. The molecule has 6 unspecified atom stereocenters. The smallest absolute Gasteiger partial charge is 0.0559 e. The molecule has 3 aliphatic rings. The van der Waals surface area contributed by atoms with Crippen molar-refractivity contribution in [3.8, 4) is 0 Å². The Morgan fingerprint density at radius 2 is 1.87 bits per heavy atom. The SMILES string of the molecule is C=C/C=C\C1C(C)=C(CC2[C@@H](C)C(C)C(/C=C\CC)S2=O)[C@H]2CC[C@@H](C)C=C2C1C. The number of hydrogen-bond acceptors (Lipinski definition) is 1. The monoisotopic (exact) mass is 426 g/mol. The van der Waals surface area contributed by atoms with Crippen LogP contribution >= 0.6 is 0 Å². The van der Waals surface area contributed by atoms with E-state index in [0.29, 0.717) is 35.5 Å². The van der Waals surface area contributed by atoms with Gasteiger partial charge in [0.2, 0.25) is 0 Å². The molecule has 0 aromatic heterocycles. The van der Waals surface area contributed by atoms with Crippen molar-refractivity contribution < 1.29 is 4.21 Å². The molecule has 0 bridgehead atoms. The van der Waals surface area contributed by atoms with Crippen LogP contribution < -0.4 is 0 Å². The summed E-state index contributed by atoms with van der Waals surface area (Å²) in [7, 11) is -0.796. The number of hydrogen-bond donors (Lipinski definition) is 0. The van der Waals surface area contributed by atoms with Crippen molar-refractivity contribution in [2.45, 2.75) is 77.7 Å². The largest absolute Gasteiger partial charge is 0.259 e. The summed E-state index contributed by atoms with van der Waals surface area (Å²) in [5.74, 6) is 3.20. The fraction of sp³-hybridized carbons (Fsp3) is 0.643. The van der Waals surface area contributed by atoms with Crippen LogP contribution in [0.3, 0.4) is 0 Å². The summed E-state index contributed by atoms with van der Waals surface area (Å²) in [6.45, 7) is 17.8. The Morgan fingerprint density at radius 1 is 1.13 bits per heavy atom. The third-order valence-corrected chi connectivity index (χ3v) is 10.5. The van der Waals surface area contributed by atoms with E-state index in [-0.39, 0.29) is 10.5 Å². The highest BCUT2D eigenvalue weighted by molar-refractivity contribution is 7.86. The average Bonchev–Trinajstić information content (AvgIpc) is 2.92. The van der Waals surface area contributed by atoms with Crippen LogP contribution in [0, 0.1) is 35.5 Å². The molecule has 9 atom stereocenters. The van der Waals surface area contributed by atoms with Gasteiger partial charge in [-0.2, -0.15) is 0 Å². The van der Waals surface area contributed by atoms with E-state index in [4.69, 9.17) is 0 Å². The molecule has 1 saturated heterocycles. The maximum Gasteiger partial charge on any atom is 0.0559 e. The summed E-state index contributed by atoms with van der Waals surface area (Å²) >= 11 is 0. The molecule has 0 N–H and O–H groups in total. The molecule has 0 aromatic carbocycles. The second-order valence-electron chi connectivity index (χ2n) is 10.0. The standard InChI is InChI=1S/C28H42OS/c1-8-10-12-23-21(6)25-16-18(3)14-15-24(25)26(22(23)7)17-28-20(5)19(4)27(30(28)29)13-11-9-2/h8,10-13,16,18-21,23-24,27-28H,1,9,14-15,17H2,2-7H3/b12-10-,13-11-/t18-,19?,20+,21?,23?,24+,27?,28?,30?/m1/s1. The van der Waals surface area contributed by atoms with Gasteiger partial charge in [-0.1, -0.05) is 94.4 Å². The fourth-order valence-corrected chi connectivity index (χ4v) is 8.48. The number of allylic oxidation sites excluding steroid dienone is 8. The average molecular weight is 427 g/mol. The summed E-state index contributed by atoms with van der Waals surface area (Å²) < 4.78 is 13.5. The third-order valence-electron chi connectivity index (χ3n) is 8.22. The highest BCUT2D eigenvalue weighted by Gasteiger charge is 2.45. The Bertz CT molecular complexity index is 782. The third kappa shape index (κ3) is 4.40. The van der Waals surface area contributed by atoms with E-state index in [1.165, 1.54) is 18.4 Å². The molecule has 1 heterocycles. The summed E-state index contributed by atoms with van der Waals surface area (Å²) in [5, 5.41) is 0.487. The second-order valence-corrected chi connectivity index (χ2v) is 11.8. The number of rotatable bonds is 6. The normalized spacial score (nSPS) is 42.1. The second kappa shape index (κ2) is 9.98. The van der Waals surface area contributed by atoms with E-state index in [2.05, 4.69) is 78.5 Å². The van der Waals surface area contributed by atoms with Gasteiger partial charge in [-0.05, 0) is 56.3 Å². The van der Waals surface area contributed by atoms with Crippen molar-refractivity contribution in [3.63, 3.8) is 0 Å². The molecule has 0 spiro atoms. The van der Waals surface area contributed by atoms with Crippen molar-refractivity contribution in [3.05, 3.63) is 59.8 Å². The van der Waals surface area contributed by atoms with Crippen LogP contribution in [0.25, 0.3) is 0 Å². The molecule has 2 aliphatic carbocycles. The van der Waals surface area contributed by atoms with E-state index in [1.807, 2.05) is 6.08 Å². The first kappa shape index (κ1) is 23.5. The molecule has 1 aliphatic heterocycles. The van der Waals surface area contributed by atoms with Crippen molar-refractivity contribution in [1.29, 1.82) is 0 Å². The first-order valence-corrected chi connectivity index (χ1v) is 13.4. The highest BCUT2D eigenvalue weighted by atomic mass is 32.2. The van der Waals surface area contributed by atoms with Crippen LogP contribution in [-0.2, 0) is 10.8 Å². The highest BCUT2D eigenvalue weighted by Crippen LogP contribution is 2.51. The van der Waals surface area contributed by atoms with Gasteiger partial charge >= 0.3 is 0 Å². The van der Waals surface area contributed by atoms with E-state index >= 15 is 0 Å². The molecule has 30 heavy (non-hydrogen) atoms. The molecule has 0 amide bonds. The maximum atomic E-state index is 13.5. The Morgan fingerprint density at radius 3 is 2.53 bits per heavy atom. The van der Waals surface area contributed by atoms with E-state index in [0.717, 1.165) is 12.8 Å². The summed E-state index contributed by atoms with van der Waals surface area (Å²) in [6, 6.07) is 0. The predicted molar refractivity (Wildman–Crippen MR) is 133 cm³/mol. The molecule has 1 nitrogen and oxygen atoms in total. The lowest BCUT2D eigenvalue weighted by molar-refractivity contribution is 0.364. The molecule has 2 heteroatoms. The molecule has 1 fully saturated rings. The van der Waals surface area contributed by atoms with Gasteiger partial charge < -0.3 is 0 Å². The van der Waals surface area contributed by atoms with Gasteiger partial charge in [0.1, 0.15) is 0 Å². The van der Waals surface area contributed by atoms with Crippen molar-refractivity contribution in [1.82, 2.24) is 0 Å². The van der Waals surface area contributed by atoms with E-state index in [9.17, 15) is 4.21 Å². The molecule has 0 saturated carbocycles. The quantitative estimate of drug-likeness (QED) is 0.319. The lowest BCUT2D eigenvalue weighted by atomic mass is 9.62. The zero-order chi connectivity index (χ0) is 22.0. The van der Waals surface area contributed by atoms with Gasteiger partial charge in [0.25, 0.3) is 0 Å². The topological polar surface area (TPSA) is 17.1 Å². The molecule has 0 radical (unpaired) electrons. The molecule has 3 rings (SSSR count). The lowest BCUT2D eigenvalue weighted by Crippen LogP contribution is -2.32. The van der Waals surface area contributed by atoms with Gasteiger partial charge in [0.05, 0.1) is 5.25 Å². The fourth-order valence-electron chi connectivity index (χ4n) is 6.12. The first-order valence-electron chi connectivity index (χ1n) is 12.1. The van der Waals surface area contributed by atoms with Crippen molar-refractivity contribution >= 4 is 10.8 Å². The zero-order valence-corrected chi connectivity index (χ0v) is 20.8. The van der Waals surface area contributed by atoms with Crippen molar-refractivity contribution in [2.75, 3.05) is 0 Å². The van der Waals surface area contributed by atoms with Crippen LogP contribution in [0.5, 0.6) is 0 Å².